The number of benzene rings is 3. The van der Waals surface area contributed by atoms with Crippen LogP contribution in [0.25, 0.3) is 6.08 Å². The van der Waals surface area contributed by atoms with Gasteiger partial charge < -0.3 is 9.29 Å². The number of nitrogens with zero attached hydrogens (tertiary/aromatic N) is 1. The van der Waals surface area contributed by atoms with Gasteiger partial charge in [0.2, 0.25) is 0 Å². The van der Waals surface area contributed by atoms with Crippen LogP contribution >= 0.6 is 0 Å². The number of aryl methyl sites for hydroxylation is 1. The van der Waals surface area contributed by atoms with Crippen molar-refractivity contribution in [3.05, 3.63) is 101 Å². The largest absolute Gasteiger partial charge is 0.396 e. The molecule has 170 valence electrons. The van der Waals surface area contributed by atoms with Crippen LogP contribution < -0.4 is 9.61 Å². The molecule has 8 heteroatoms. The van der Waals surface area contributed by atoms with Gasteiger partial charge in [-0.3, -0.25) is 4.79 Å². The van der Waals surface area contributed by atoms with Gasteiger partial charge in [-0.15, -0.1) is 0 Å². The first-order valence-electron chi connectivity index (χ1n) is 10.2. The van der Waals surface area contributed by atoms with Gasteiger partial charge >= 0.3 is 10.1 Å². The van der Waals surface area contributed by atoms with Crippen molar-refractivity contribution in [2.24, 2.45) is 5.10 Å². The van der Waals surface area contributed by atoms with Crippen molar-refractivity contribution in [2.75, 3.05) is 6.61 Å². The van der Waals surface area contributed by atoms with Crippen molar-refractivity contribution in [3.63, 3.8) is 0 Å². The second kappa shape index (κ2) is 11.2. The molecule has 0 heterocycles. The molecule has 0 fully saturated rings. The third-order valence-electron chi connectivity index (χ3n) is 4.61. The quantitative estimate of drug-likeness (QED) is 0.218. The number of carbonyl (C=O) groups is 1. The minimum Gasteiger partial charge on any atom is -0.396 e. The Morgan fingerprint density at radius 3 is 2.36 bits per heavy atom. The molecule has 33 heavy (non-hydrogen) atoms. The molecule has 0 aliphatic carbocycles. The maximum Gasteiger partial charge on any atom is 0.339 e. The maximum atomic E-state index is 12.6. The number of hydrazone groups is 1. The fourth-order valence-electron chi connectivity index (χ4n) is 2.89. The van der Waals surface area contributed by atoms with Crippen LogP contribution in [0.3, 0.4) is 0 Å². The first kappa shape index (κ1) is 23.9. The van der Waals surface area contributed by atoms with E-state index in [1.165, 1.54) is 24.4 Å². The van der Waals surface area contributed by atoms with E-state index < -0.39 is 16.0 Å². The van der Waals surface area contributed by atoms with E-state index in [9.17, 15) is 18.3 Å². The monoisotopic (exact) mass is 464 g/mol. The Bertz CT molecular complexity index is 1250. The Morgan fingerprint density at radius 1 is 1.00 bits per heavy atom. The molecule has 1 amide bonds. The SMILES string of the molecule is Cc1ccc(S(=O)(=O)Oc2ccccc2C=NNC(=O)C(=Cc2ccccc2)CCO)cc1. The number of hydrogen-bond acceptors (Lipinski definition) is 6. The minimum absolute atomic E-state index is 0.0350. The molecule has 0 saturated carbocycles. The second-order valence-corrected chi connectivity index (χ2v) is 8.69. The number of nitrogens with one attached hydrogen (secondary N) is 1. The van der Waals surface area contributed by atoms with Crippen molar-refractivity contribution in [3.8, 4) is 5.75 Å². The summed E-state index contributed by atoms with van der Waals surface area (Å²) in [5.74, 6) is -0.402. The molecule has 0 spiro atoms. The Morgan fingerprint density at radius 2 is 1.67 bits per heavy atom. The van der Waals surface area contributed by atoms with Gasteiger partial charge in [-0.1, -0.05) is 60.2 Å². The van der Waals surface area contributed by atoms with E-state index in [4.69, 9.17) is 4.18 Å². The van der Waals surface area contributed by atoms with Gasteiger partial charge in [0.15, 0.2) is 5.75 Å². The van der Waals surface area contributed by atoms with Crippen LogP contribution in [-0.4, -0.2) is 32.3 Å². The number of rotatable bonds is 9. The maximum absolute atomic E-state index is 12.6. The Balaban J connectivity index is 1.74. The van der Waals surface area contributed by atoms with Gasteiger partial charge in [0.1, 0.15) is 4.90 Å². The van der Waals surface area contributed by atoms with Crippen molar-refractivity contribution >= 4 is 28.3 Å². The molecule has 3 rings (SSSR count). The summed E-state index contributed by atoms with van der Waals surface area (Å²) in [5.41, 5.74) is 4.88. The molecule has 0 radical (unpaired) electrons. The van der Waals surface area contributed by atoms with Crippen molar-refractivity contribution in [1.82, 2.24) is 5.43 Å². The first-order chi connectivity index (χ1) is 15.9. The molecule has 3 aromatic rings. The summed E-state index contributed by atoms with van der Waals surface area (Å²) in [7, 11) is -4.04. The van der Waals surface area contributed by atoms with Crippen molar-refractivity contribution in [2.45, 2.75) is 18.2 Å². The van der Waals surface area contributed by atoms with E-state index in [-0.39, 0.29) is 23.7 Å². The van der Waals surface area contributed by atoms with E-state index in [0.29, 0.717) is 11.1 Å². The number of aliphatic hydroxyl groups excluding tert-OH is 1. The predicted molar refractivity (Wildman–Crippen MR) is 127 cm³/mol. The summed E-state index contributed by atoms with van der Waals surface area (Å²) in [4.78, 5) is 12.6. The van der Waals surface area contributed by atoms with E-state index >= 15 is 0 Å². The predicted octanol–water partition coefficient (Wildman–Crippen LogP) is 3.68. The summed E-state index contributed by atoms with van der Waals surface area (Å²) in [6.45, 7) is 1.67. The van der Waals surface area contributed by atoms with Gasteiger partial charge in [0.25, 0.3) is 5.91 Å². The Labute approximate surface area is 193 Å². The number of carbonyl (C=O) groups excluding carboxylic acids is 1. The van der Waals surface area contributed by atoms with Crippen LogP contribution in [0.5, 0.6) is 5.75 Å². The molecule has 7 nitrogen and oxygen atoms in total. The summed E-state index contributed by atoms with van der Waals surface area (Å²) >= 11 is 0. The molecule has 0 bridgehead atoms. The molecule has 2 N–H and O–H groups in total. The first-order valence-corrected chi connectivity index (χ1v) is 11.6. The second-order valence-electron chi connectivity index (χ2n) is 7.14. The lowest BCUT2D eigenvalue weighted by Gasteiger charge is -2.09. The molecule has 0 aliphatic heterocycles. The highest BCUT2D eigenvalue weighted by molar-refractivity contribution is 7.87. The number of aliphatic hydroxyl groups is 1. The third-order valence-corrected chi connectivity index (χ3v) is 5.86. The van der Waals surface area contributed by atoms with Crippen LogP contribution in [0.15, 0.2) is 94.4 Å². The van der Waals surface area contributed by atoms with Crippen LogP contribution in [0, 0.1) is 6.92 Å². The molecule has 0 saturated heterocycles. The summed E-state index contributed by atoms with van der Waals surface area (Å²) in [6.07, 6.45) is 3.13. The molecule has 0 atom stereocenters. The van der Waals surface area contributed by atoms with Crippen LogP contribution in [0.4, 0.5) is 0 Å². The lowest BCUT2D eigenvalue weighted by atomic mass is 10.1. The topological polar surface area (TPSA) is 105 Å². The molecule has 0 aliphatic rings. The normalized spacial score (nSPS) is 12.0. The molecule has 0 unspecified atom stereocenters. The summed E-state index contributed by atoms with van der Waals surface area (Å²) < 4.78 is 30.5. The van der Waals surface area contributed by atoms with Crippen molar-refractivity contribution in [1.29, 1.82) is 0 Å². The van der Waals surface area contributed by atoms with Gasteiger partial charge in [-0.05, 0) is 42.8 Å². The average Bonchev–Trinajstić information content (AvgIpc) is 2.80. The van der Waals surface area contributed by atoms with E-state index in [2.05, 4.69) is 10.5 Å². The summed E-state index contributed by atoms with van der Waals surface area (Å²) in [6, 6.07) is 22.0. The number of para-hydroxylation sites is 1. The third kappa shape index (κ3) is 6.86. The highest BCUT2D eigenvalue weighted by atomic mass is 32.2. The molecular weight excluding hydrogens is 440 g/mol. The van der Waals surface area contributed by atoms with E-state index in [1.54, 1.807) is 36.4 Å². The van der Waals surface area contributed by atoms with Crippen LogP contribution in [0.1, 0.15) is 23.1 Å². The Hall–Kier alpha value is -3.75. The van der Waals surface area contributed by atoms with Crippen LogP contribution in [-0.2, 0) is 14.9 Å². The lowest BCUT2D eigenvalue weighted by Crippen LogP contribution is -2.20. The standard InChI is InChI=1S/C25H24N2O5S/c1-19-11-13-23(14-12-19)33(30,31)32-24-10-6-5-9-22(24)18-26-27-25(29)21(15-16-28)17-20-7-3-2-4-8-20/h2-14,17-18,28H,15-16H2,1H3,(H,27,29). The van der Waals surface area contributed by atoms with E-state index in [1.807, 2.05) is 37.3 Å². The molecule has 0 aromatic heterocycles. The molecular formula is C25H24N2O5S. The minimum atomic E-state index is -4.04. The molecule has 3 aromatic carbocycles. The fourth-order valence-corrected chi connectivity index (χ4v) is 3.84. The Kier molecular flexibility index (Phi) is 8.12. The van der Waals surface area contributed by atoms with Crippen molar-refractivity contribution < 1.29 is 22.5 Å². The zero-order valence-corrected chi connectivity index (χ0v) is 18.8. The number of hydrogen-bond donors (Lipinski definition) is 2. The highest BCUT2D eigenvalue weighted by Crippen LogP contribution is 2.22. The van der Waals surface area contributed by atoms with Gasteiger partial charge in [-0.2, -0.15) is 13.5 Å². The van der Waals surface area contributed by atoms with Crippen LogP contribution in [0.2, 0.25) is 0 Å². The average molecular weight is 465 g/mol. The summed E-state index contributed by atoms with van der Waals surface area (Å²) in [5, 5.41) is 13.2. The number of amides is 1. The highest BCUT2D eigenvalue weighted by Gasteiger charge is 2.18. The van der Waals surface area contributed by atoms with Gasteiger partial charge in [0.05, 0.1) is 6.21 Å². The smallest absolute Gasteiger partial charge is 0.339 e. The van der Waals surface area contributed by atoms with Gasteiger partial charge in [0, 0.05) is 24.2 Å². The fraction of sp³-hybridized carbons (Fsp3) is 0.120. The zero-order chi connectivity index (χ0) is 23.7. The van der Waals surface area contributed by atoms with Gasteiger partial charge in [-0.25, -0.2) is 5.43 Å². The lowest BCUT2D eigenvalue weighted by molar-refractivity contribution is -0.117. The van der Waals surface area contributed by atoms with E-state index in [0.717, 1.165) is 11.1 Å². The zero-order valence-electron chi connectivity index (χ0n) is 18.0.